The Hall–Kier alpha value is -2.83. The molecule has 3 aromatic rings. The minimum absolute atomic E-state index is 0.105. The number of alkyl halides is 3. The minimum Gasteiger partial charge on any atom is -0.477 e. The van der Waals surface area contributed by atoms with Crippen LogP contribution in [0.3, 0.4) is 0 Å². The number of benzene rings is 1. The maximum absolute atomic E-state index is 13.2. The number of fused-ring (bicyclic) bond motifs is 1. The molecule has 2 N–H and O–H groups in total. The Morgan fingerprint density at radius 1 is 1.14 bits per heavy atom. The average molecular weight is 306 g/mol. The van der Waals surface area contributed by atoms with Crippen LogP contribution < -0.4 is 0 Å². The van der Waals surface area contributed by atoms with Gasteiger partial charge in [-0.05, 0) is 12.1 Å². The van der Waals surface area contributed by atoms with Crippen LogP contribution in [0.4, 0.5) is 13.2 Å². The van der Waals surface area contributed by atoms with Gasteiger partial charge in [-0.2, -0.15) is 13.2 Å². The molecular formula is C15H9F3N2O2. The van der Waals surface area contributed by atoms with Crippen molar-refractivity contribution in [3.8, 4) is 11.3 Å². The second kappa shape index (κ2) is 4.87. The number of aromatic nitrogens is 2. The zero-order valence-corrected chi connectivity index (χ0v) is 11.0. The molecule has 0 aliphatic rings. The summed E-state index contributed by atoms with van der Waals surface area (Å²) < 4.78 is 39.7. The third-order valence-electron chi connectivity index (χ3n) is 3.21. The summed E-state index contributed by atoms with van der Waals surface area (Å²) in [5.41, 5.74) is -0.718. The molecule has 0 aliphatic heterocycles. The summed E-state index contributed by atoms with van der Waals surface area (Å²) in [6, 6.07) is 10.3. The highest BCUT2D eigenvalue weighted by Gasteiger charge is 2.34. The number of carboxylic acids is 1. The highest BCUT2D eigenvalue weighted by molar-refractivity contribution is 5.94. The Balaban J connectivity index is 2.31. The van der Waals surface area contributed by atoms with Crippen molar-refractivity contribution in [1.82, 2.24) is 9.97 Å². The van der Waals surface area contributed by atoms with Gasteiger partial charge in [-0.3, -0.25) is 0 Å². The zero-order valence-electron chi connectivity index (χ0n) is 11.0. The number of H-pyrrole nitrogens is 1. The molecule has 0 spiro atoms. The molecule has 7 heteroatoms. The normalized spacial score (nSPS) is 11.8. The Morgan fingerprint density at radius 2 is 1.82 bits per heavy atom. The summed E-state index contributed by atoms with van der Waals surface area (Å²) >= 11 is 0. The van der Waals surface area contributed by atoms with Crippen molar-refractivity contribution in [3.05, 3.63) is 53.7 Å². The summed E-state index contributed by atoms with van der Waals surface area (Å²) in [5.74, 6) is -1.34. The van der Waals surface area contributed by atoms with Crippen molar-refractivity contribution in [1.29, 1.82) is 0 Å². The van der Waals surface area contributed by atoms with E-state index < -0.39 is 17.7 Å². The van der Waals surface area contributed by atoms with E-state index in [0.29, 0.717) is 5.56 Å². The van der Waals surface area contributed by atoms with Crippen molar-refractivity contribution in [2.24, 2.45) is 0 Å². The van der Waals surface area contributed by atoms with E-state index in [4.69, 9.17) is 5.11 Å². The molecule has 0 atom stereocenters. The van der Waals surface area contributed by atoms with Crippen LogP contribution >= 0.6 is 0 Å². The second-order valence-electron chi connectivity index (χ2n) is 4.67. The van der Waals surface area contributed by atoms with Gasteiger partial charge < -0.3 is 10.1 Å². The van der Waals surface area contributed by atoms with Crippen LogP contribution in [0.5, 0.6) is 0 Å². The maximum Gasteiger partial charge on any atom is 0.417 e. The number of nitrogens with zero attached hydrogens (tertiary/aromatic N) is 1. The topological polar surface area (TPSA) is 66.0 Å². The molecule has 0 amide bonds. The standard InChI is InChI=1S/C15H9F3N2O2/c16-15(17,18)10-7-11(8-4-2-1-3-5-8)19-13-9(10)6-12(20-13)14(21)22/h1-7H,(H,19,20)(H,21,22). The fourth-order valence-corrected chi connectivity index (χ4v) is 2.21. The third kappa shape index (κ3) is 2.41. The molecule has 0 unspecified atom stereocenters. The van der Waals surface area contributed by atoms with Gasteiger partial charge in [-0.1, -0.05) is 30.3 Å². The van der Waals surface area contributed by atoms with E-state index in [1.54, 1.807) is 30.3 Å². The van der Waals surface area contributed by atoms with E-state index in [-0.39, 0.29) is 22.4 Å². The molecule has 3 rings (SSSR count). The summed E-state index contributed by atoms with van der Waals surface area (Å²) in [7, 11) is 0. The number of aromatic amines is 1. The molecule has 2 aromatic heterocycles. The van der Waals surface area contributed by atoms with Gasteiger partial charge in [-0.25, -0.2) is 9.78 Å². The summed E-state index contributed by atoms with van der Waals surface area (Å²) in [6.45, 7) is 0. The fraction of sp³-hybridized carbons (Fsp3) is 0.0667. The number of aromatic carboxylic acids is 1. The highest BCUT2D eigenvalue weighted by Crippen LogP contribution is 2.37. The van der Waals surface area contributed by atoms with Gasteiger partial charge in [0.15, 0.2) is 0 Å². The van der Waals surface area contributed by atoms with Gasteiger partial charge in [0.05, 0.1) is 11.3 Å². The van der Waals surface area contributed by atoms with Crippen molar-refractivity contribution in [2.75, 3.05) is 0 Å². The first kappa shape index (κ1) is 14.1. The van der Waals surface area contributed by atoms with E-state index >= 15 is 0 Å². The lowest BCUT2D eigenvalue weighted by Crippen LogP contribution is -2.06. The molecule has 0 saturated carbocycles. The number of carboxylic acid groups (broad SMARTS) is 1. The van der Waals surface area contributed by atoms with Crippen LogP contribution in [-0.4, -0.2) is 21.0 Å². The molecule has 0 radical (unpaired) electrons. The first-order chi connectivity index (χ1) is 10.4. The number of hydrogen-bond acceptors (Lipinski definition) is 2. The van der Waals surface area contributed by atoms with Crippen molar-refractivity contribution >= 4 is 17.0 Å². The molecule has 112 valence electrons. The Bertz CT molecular complexity index is 854. The number of halogens is 3. The number of rotatable bonds is 2. The van der Waals surface area contributed by atoms with Gasteiger partial charge >= 0.3 is 12.1 Å². The predicted octanol–water partition coefficient (Wildman–Crippen LogP) is 3.95. The maximum atomic E-state index is 13.2. The zero-order chi connectivity index (χ0) is 15.9. The number of pyridine rings is 1. The van der Waals surface area contributed by atoms with E-state index in [1.807, 2.05) is 0 Å². The second-order valence-corrected chi connectivity index (χ2v) is 4.67. The lowest BCUT2D eigenvalue weighted by Gasteiger charge is -2.10. The Kier molecular flexibility index (Phi) is 3.13. The van der Waals surface area contributed by atoms with Crippen LogP contribution in [0.2, 0.25) is 0 Å². The number of nitrogens with one attached hydrogen (secondary N) is 1. The first-order valence-corrected chi connectivity index (χ1v) is 6.26. The van der Waals surface area contributed by atoms with Crippen LogP contribution in [0, 0.1) is 0 Å². The lowest BCUT2D eigenvalue weighted by atomic mass is 10.1. The molecule has 0 saturated heterocycles. The summed E-state index contributed by atoms with van der Waals surface area (Å²) in [5, 5.41) is 8.67. The molecule has 2 heterocycles. The molecular weight excluding hydrogens is 297 g/mol. The number of hydrogen-bond donors (Lipinski definition) is 2. The molecule has 0 aliphatic carbocycles. The molecule has 0 bridgehead atoms. The first-order valence-electron chi connectivity index (χ1n) is 6.26. The smallest absolute Gasteiger partial charge is 0.417 e. The van der Waals surface area contributed by atoms with E-state index in [2.05, 4.69) is 9.97 Å². The van der Waals surface area contributed by atoms with Gasteiger partial charge in [0.25, 0.3) is 0 Å². The van der Waals surface area contributed by atoms with Crippen LogP contribution in [0.15, 0.2) is 42.5 Å². The largest absolute Gasteiger partial charge is 0.477 e. The quantitative estimate of drug-likeness (QED) is 0.753. The average Bonchev–Trinajstić information content (AvgIpc) is 2.90. The van der Waals surface area contributed by atoms with Gasteiger partial charge in [-0.15, -0.1) is 0 Å². The van der Waals surface area contributed by atoms with Crippen molar-refractivity contribution in [3.63, 3.8) is 0 Å². The SMILES string of the molecule is O=C(O)c1cc2c(C(F)(F)F)cc(-c3ccccc3)nc2[nH]1. The minimum atomic E-state index is -4.61. The van der Waals surface area contributed by atoms with Gasteiger partial charge in [0, 0.05) is 10.9 Å². The molecule has 22 heavy (non-hydrogen) atoms. The van der Waals surface area contributed by atoms with Gasteiger partial charge in [0.1, 0.15) is 11.3 Å². The summed E-state index contributed by atoms with van der Waals surface area (Å²) in [6.07, 6.45) is -4.61. The fourth-order valence-electron chi connectivity index (χ4n) is 2.21. The van der Waals surface area contributed by atoms with Crippen molar-refractivity contribution in [2.45, 2.75) is 6.18 Å². The van der Waals surface area contributed by atoms with Crippen LogP contribution in [0.1, 0.15) is 16.1 Å². The van der Waals surface area contributed by atoms with Crippen LogP contribution in [-0.2, 0) is 6.18 Å². The summed E-state index contributed by atoms with van der Waals surface area (Å²) in [4.78, 5) is 17.5. The molecule has 1 aromatic carbocycles. The molecule has 0 fully saturated rings. The highest BCUT2D eigenvalue weighted by atomic mass is 19.4. The Morgan fingerprint density at radius 3 is 2.41 bits per heavy atom. The predicted molar refractivity (Wildman–Crippen MR) is 73.5 cm³/mol. The van der Waals surface area contributed by atoms with Gasteiger partial charge in [0.2, 0.25) is 0 Å². The van der Waals surface area contributed by atoms with E-state index in [1.165, 1.54) is 0 Å². The van der Waals surface area contributed by atoms with Crippen LogP contribution in [0.25, 0.3) is 22.3 Å². The van der Waals surface area contributed by atoms with E-state index in [0.717, 1.165) is 12.1 Å². The molecule has 4 nitrogen and oxygen atoms in total. The number of carbonyl (C=O) groups is 1. The lowest BCUT2D eigenvalue weighted by molar-refractivity contribution is -0.136. The van der Waals surface area contributed by atoms with Crippen molar-refractivity contribution < 1.29 is 23.1 Å². The monoisotopic (exact) mass is 306 g/mol. The Labute approximate surface area is 122 Å². The third-order valence-corrected chi connectivity index (χ3v) is 3.21. The van der Waals surface area contributed by atoms with E-state index in [9.17, 15) is 18.0 Å².